The maximum Gasteiger partial charge on any atom is 0.349 e. The lowest BCUT2D eigenvalue weighted by Gasteiger charge is -2.12. The molecule has 9 heteroatoms. The molecular weight excluding hydrogens is 448 g/mol. The van der Waals surface area contributed by atoms with Gasteiger partial charge < -0.3 is 14.5 Å². The van der Waals surface area contributed by atoms with Crippen LogP contribution in [0.25, 0.3) is 27.7 Å². The zero-order chi connectivity index (χ0) is 24.5. The SMILES string of the molecule is CCOC(=O)c1cnn(-c2cc(C)c3ccccc3n2)c1NC(=O)c1cc2ccccc2oc1=O. The minimum atomic E-state index is -0.801. The maximum atomic E-state index is 13.2. The van der Waals surface area contributed by atoms with E-state index in [2.05, 4.69) is 15.4 Å². The van der Waals surface area contributed by atoms with E-state index in [1.54, 1.807) is 37.3 Å². The van der Waals surface area contributed by atoms with E-state index in [0.29, 0.717) is 16.8 Å². The molecular formula is C26H20N4O5. The molecule has 0 fully saturated rings. The van der Waals surface area contributed by atoms with Crippen molar-refractivity contribution in [2.24, 2.45) is 0 Å². The summed E-state index contributed by atoms with van der Waals surface area (Å²) in [4.78, 5) is 43.0. The molecule has 5 rings (SSSR count). The highest BCUT2D eigenvalue weighted by Gasteiger charge is 2.24. The third-order valence-corrected chi connectivity index (χ3v) is 5.51. The summed E-state index contributed by atoms with van der Waals surface area (Å²) in [6.07, 6.45) is 1.29. The van der Waals surface area contributed by atoms with Crippen molar-refractivity contribution in [3.8, 4) is 5.82 Å². The van der Waals surface area contributed by atoms with Crippen molar-refractivity contribution in [1.29, 1.82) is 0 Å². The average Bonchev–Trinajstić information content (AvgIpc) is 3.27. The largest absolute Gasteiger partial charge is 0.462 e. The molecule has 35 heavy (non-hydrogen) atoms. The second-order valence-electron chi connectivity index (χ2n) is 7.79. The number of pyridine rings is 1. The van der Waals surface area contributed by atoms with Crippen LogP contribution in [0.15, 0.2) is 76.1 Å². The minimum Gasteiger partial charge on any atom is -0.462 e. The van der Waals surface area contributed by atoms with Crippen LogP contribution in [0.4, 0.5) is 5.82 Å². The number of fused-ring (bicyclic) bond motifs is 2. The molecule has 3 aromatic heterocycles. The highest BCUT2D eigenvalue weighted by molar-refractivity contribution is 6.08. The first-order chi connectivity index (χ1) is 17.0. The van der Waals surface area contributed by atoms with Gasteiger partial charge in [-0.15, -0.1) is 0 Å². The second kappa shape index (κ2) is 8.86. The number of ether oxygens (including phenoxy) is 1. The molecule has 1 amide bonds. The standard InChI is InChI=1S/C26H20N4O5/c1-3-34-25(32)19-14-27-30(22-12-15(2)17-9-5-6-10-20(17)28-22)23(19)29-24(31)18-13-16-8-4-7-11-21(16)35-26(18)33/h4-14H,3H2,1-2H3,(H,29,31). The Kier molecular flexibility index (Phi) is 5.58. The van der Waals surface area contributed by atoms with E-state index >= 15 is 0 Å². The van der Waals surface area contributed by atoms with Gasteiger partial charge in [0.2, 0.25) is 0 Å². The highest BCUT2D eigenvalue weighted by Crippen LogP contribution is 2.25. The van der Waals surface area contributed by atoms with Gasteiger partial charge in [0.15, 0.2) is 11.6 Å². The first-order valence-electron chi connectivity index (χ1n) is 10.9. The van der Waals surface area contributed by atoms with Gasteiger partial charge in [0.25, 0.3) is 5.91 Å². The lowest BCUT2D eigenvalue weighted by atomic mass is 10.1. The number of amides is 1. The molecule has 0 radical (unpaired) electrons. The van der Waals surface area contributed by atoms with Gasteiger partial charge in [0.1, 0.15) is 16.7 Å². The predicted octanol–water partition coefficient (Wildman–Crippen LogP) is 4.26. The van der Waals surface area contributed by atoms with Crippen LogP contribution in [0, 0.1) is 6.92 Å². The highest BCUT2D eigenvalue weighted by atomic mass is 16.5. The summed E-state index contributed by atoms with van der Waals surface area (Å²) in [7, 11) is 0. The van der Waals surface area contributed by atoms with Gasteiger partial charge in [-0.05, 0) is 43.7 Å². The van der Waals surface area contributed by atoms with Gasteiger partial charge in [-0.25, -0.2) is 14.6 Å². The molecule has 9 nitrogen and oxygen atoms in total. The van der Waals surface area contributed by atoms with Crippen LogP contribution in [0.2, 0.25) is 0 Å². The third-order valence-electron chi connectivity index (χ3n) is 5.51. The lowest BCUT2D eigenvalue weighted by molar-refractivity contribution is 0.0527. The molecule has 0 saturated heterocycles. The number of nitrogens with zero attached hydrogens (tertiary/aromatic N) is 3. The van der Waals surface area contributed by atoms with Crippen LogP contribution < -0.4 is 10.9 Å². The monoisotopic (exact) mass is 468 g/mol. The number of nitrogens with one attached hydrogen (secondary N) is 1. The van der Waals surface area contributed by atoms with E-state index < -0.39 is 17.5 Å². The van der Waals surface area contributed by atoms with Crippen LogP contribution in [-0.4, -0.2) is 33.2 Å². The molecule has 0 spiro atoms. The average molecular weight is 468 g/mol. The predicted molar refractivity (Wildman–Crippen MR) is 130 cm³/mol. The molecule has 5 aromatic rings. The summed E-state index contributed by atoms with van der Waals surface area (Å²) in [6.45, 7) is 3.75. The van der Waals surface area contributed by atoms with E-state index in [1.807, 2.05) is 31.2 Å². The number of benzene rings is 2. The molecule has 3 heterocycles. The number of para-hydroxylation sites is 2. The first-order valence-corrected chi connectivity index (χ1v) is 10.9. The van der Waals surface area contributed by atoms with Gasteiger partial charge in [-0.2, -0.15) is 9.78 Å². The molecule has 0 aliphatic rings. The molecule has 1 N–H and O–H groups in total. The third kappa shape index (κ3) is 4.04. The Labute approximate surface area is 199 Å². The normalized spacial score (nSPS) is 11.0. The number of anilines is 1. The molecule has 0 atom stereocenters. The first kappa shape index (κ1) is 22.0. The Hall–Kier alpha value is -4.79. The molecule has 174 valence electrons. The summed E-state index contributed by atoms with van der Waals surface area (Å²) in [5.74, 6) is -1.01. The molecule has 0 saturated carbocycles. The maximum absolute atomic E-state index is 13.2. The summed E-state index contributed by atoms with van der Waals surface area (Å²) < 4.78 is 11.8. The van der Waals surface area contributed by atoms with Crippen LogP contribution in [-0.2, 0) is 4.74 Å². The number of aryl methyl sites for hydroxylation is 1. The van der Waals surface area contributed by atoms with Gasteiger partial charge in [-0.1, -0.05) is 36.4 Å². The molecule has 2 aromatic carbocycles. The van der Waals surface area contributed by atoms with E-state index in [-0.39, 0.29) is 23.6 Å². The smallest absolute Gasteiger partial charge is 0.349 e. The van der Waals surface area contributed by atoms with E-state index in [1.165, 1.54) is 16.9 Å². The van der Waals surface area contributed by atoms with Crippen LogP contribution in [0.1, 0.15) is 33.2 Å². The van der Waals surface area contributed by atoms with E-state index in [0.717, 1.165) is 16.5 Å². The van der Waals surface area contributed by atoms with Gasteiger partial charge in [-0.3, -0.25) is 4.79 Å². The quantitative estimate of drug-likeness (QED) is 0.302. The van der Waals surface area contributed by atoms with E-state index in [4.69, 9.17) is 9.15 Å². The Morgan fingerprint density at radius 3 is 2.66 bits per heavy atom. The number of rotatable bonds is 5. The zero-order valence-electron chi connectivity index (χ0n) is 18.9. The fourth-order valence-electron chi connectivity index (χ4n) is 3.84. The Morgan fingerprint density at radius 2 is 1.83 bits per heavy atom. The summed E-state index contributed by atoms with van der Waals surface area (Å²) in [5, 5.41) is 8.49. The van der Waals surface area contributed by atoms with Crippen molar-refractivity contribution in [3.63, 3.8) is 0 Å². The van der Waals surface area contributed by atoms with Crippen LogP contribution in [0.3, 0.4) is 0 Å². The molecule has 0 aliphatic carbocycles. The van der Waals surface area contributed by atoms with Crippen molar-refractivity contribution in [2.75, 3.05) is 11.9 Å². The summed E-state index contributed by atoms with van der Waals surface area (Å²) >= 11 is 0. The van der Waals surface area contributed by atoms with Crippen molar-refractivity contribution < 1.29 is 18.7 Å². The Bertz CT molecular complexity index is 1670. The van der Waals surface area contributed by atoms with Gasteiger partial charge >= 0.3 is 11.6 Å². The number of esters is 1. The number of hydrogen-bond donors (Lipinski definition) is 1. The Morgan fingerprint density at radius 1 is 1.06 bits per heavy atom. The van der Waals surface area contributed by atoms with Crippen molar-refractivity contribution in [3.05, 3.63) is 94.0 Å². The van der Waals surface area contributed by atoms with Crippen molar-refractivity contribution >= 4 is 39.6 Å². The fourth-order valence-corrected chi connectivity index (χ4v) is 3.84. The van der Waals surface area contributed by atoms with Gasteiger partial charge in [0, 0.05) is 10.8 Å². The second-order valence-corrected chi connectivity index (χ2v) is 7.79. The van der Waals surface area contributed by atoms with Crippen LogP contribution >= 0.6 is 0 Å². The topological polar surface area (TPSA) is 116 Å². The van der Waals surface area contributed by atoms with Crippen LogP contribution in [0.5, 0.6) is 0 Å². The van der Waals surface area contributed by atoms with Crippen molar-refractivity contribution in [1.82, 2.24) is 14.8 Å². The number of carbonyl (C=O) groups is 2. The summed E-state index contributed by atoms with van der Waals surface area (Å²) in [6, 6.07) is 17.7. The van der Waals surface area contributed by atoms with E-state index in [9.17, 15) is 14.4 Å². The minimum absolute atomic E-state index is 0.0259. The number of aromatic nitrogens is 3. The fraction of sp³-hybridized carbons (Fsp3) is 0.115. The summed E-state index contributed by atoms with van der Waals surface area (Å²) in [5.41, 5.74) is 1.04. The number of carbonyl (C=O) groups excluding carboxylic acids is 2. The molecule has 0 bridgehead atoms. The number of hydrogen-bond acceptors (Lipinski definition) is 7. The molecule has 0 aliphatic heterocycles. The van der Waals surface area contributed by atoms with Gasteiger partial charge in [0.05, 0.1) is 18.3 Å². The lowest BCUT2D eigenvalue weighted by Crippen LogP contribution is -2.23. The van der Waals surface area contributed by atoms with Crippen molar-refractivity contribution in [2.45, 2.75) is 13.8 Å². The zero-order valence-corrected chi connectivity index (χ0v) is 18.9. The molecule has 0 unspecified atom stereocenters. The Balaban J connectivity index is 1.62.